The minimum absolute atomic E-state index is 0.109. The van der Waals surface area contributed by atoms with Gasteiger partial charge in [-0.2, -0.15) is 0 Å². The fourth-order valence-electron chi connectivity index (χ4n) is 5.50. The van der Waals surface area contributed by atoms with Gasteiger partial charge in [-0.05, 0) is 54.0 Å². The second-order valence-corrected chi connectivity index (χ2v) is 10.2. The Morgan fingerprint density at radius 1 is 1.03 bits per heavy atom. The molecule has 1 N–H and O–H groups in total. The number of nitrogens with zero attached hydrogens (tertiary/aromatic N) is 2. The van der Waals surface area contributed by atoms with Crippen molar-refractivity contribution in [1.29, 1.82) is 0 Å². The van der Waals surface area contributed by atoms with Crippen LogP contribution in [0.4, 0.5) is 0 Å². The van der Waals surface area contributed by atoms with Crippen LogP contribution >= 0.6 is 11.3 Å². The number of aromatic nitrogens is 2. The van der Waals surface area contributed by atoms with Gasteiger partial charge in [-0.25, -0.2) is 4.98 Å². The van der Waals surface area contributed by atoms with Gasteiger partial charge in [0.25, 0.3) is 5.56 Å². The van der Waals surface area contributed by atoms with E-state index in [1.807, 2.05) is 0 Å². The van der Waals surface area contributed by atoms with Crippen molar-refractivity contribution in [3.05, 3.63) is 75.1 Å². The van der Waals surface area contributed by atoms with Crippen molar-refractivity contribution in [1.82, 2.24) is 14.9 Å². The molecule has 1 saturated carbocycles. The predicted molar refractivity (Wildman–Crippen MR) is 128 cm³/mol. The van der Waals surface area contributed by atoms with Crippen LogP contribution in [-0.4, -0.2) is 21.6 Å². The van der Waals surface area contributed by atoms with Gasteiger partial charge in [-0.1, -0.05) is 55.3 Å². The summed E-state index contributed by atoms with van der Waals surface area (Å²) in [5, 5.41) is 7.15. The Labute approximate surface area is 185 Å². The van der Waals surface area contributed by atoms with E-state index >= 15 is 0 Å². The molecule has 0 saturated heterocycles. The molecule has 2 aliphatic carbocycles. The summed E-state index contributed by atoms with van der Waals surface area (Å²) in [6, 6.07) is 15.9. The van der Waals surface area contributed by atoms with Gasteiger partial charge in [-0.3, -0.25) is 9.36 Å². The van der Waals surface area contributed by atoms with Crippen LogP contribution in [0.15, 0.2) is 53.6 Å². The fraction of sp³-hybridized carbons (Fsp3) is 0.385. The minimum atomic E-state index is 0.109. The lowest BCUT2D eigenvalue weighted by Gasteiger charge is -2.26. The molecular formula is C26H27N3OS. The first kappa shape index (κ1) is 19.2. The van der Waals surface area contributed by atoms with E-state index < -0.39 is 0 Å². The Morgan fingerprint density at radius 3 is 2.77 bits per heavy atom. The monoisotopic (exact) mass is 429 g/mol. The Kier molecular flexibility index (Phi) is 4.88. The molecule has 1 atom stereocenters. The molecule has 31 heavy (non-hydrogen) atoms. The van der Waals surface area contributed by atoms with Gasteiger partial charge in [0.05, 0.1) is 18.3 Å². The molecule has 4 nitrogen and oxygen atoms in total. The fourth-order valence-corrected chi connectivity index (χ4v) is 6.75. The number of benzene rings is 2. The van der Waals surface area contributed by atoms with Crippen LogP contribution in [0.3, 0.4) is 0 Å². The van der Waals surface area contributed by atoms with Crippen molar-refractivity contribution < 1.29 is 0 Å². The normalized spacial score (nSPS) is 19.3. The first-order valence-corrected chi connectivity index (χ1v) is 12.3. The molecule has 0 spiro atoms. The van der Waals surface area contributed by atoms with Crippen LogP contribution in [0.1, 0.15) is 48.1 Å². The Balaban J connectivity index is 1.33. The summed E-state index contributed by atoms with van der Waals surface area (Å²) in [4.78, 5) is 20.5. The van der Waals surface area contributed by atoms with Crippen molar-refractivity contribution in [2.24, 2.45) is 0 Å². The molecule has 2 aromatic heterocycles. The number of hydrogen-bond acceptors (Lipinski definition) is 4. The van der Waals surface area contributed by atoms with Gasteiger partial charge < -0.3 is 5.32 Å². The quantitative estimate of drug-likeness (QED) is 0.494. The molecule has 0 bridgehead atoms. The van der Waals surface area contributed by atoms with E-state index in [-0.39, 0.29) is 5.56 Å². The van der Waals surface area contributed by atoms with Crippen molar-refractivity contribution in [3.63, 3.8) is 0 Å². The Hall–Kier alpha value is -2.50. The second-order valence-electron chi connectivity index (χ2n) is 9.09. The molecule has 0 radical (unpaired) electrons. The van der Waals surface area contributed by atoms with E-state index in [0.29, 0.717) is 18.6 Å². The lowest BCUT2D eigenvalue weighted by molar-refractivity contribution is 0.399. The molecule has 6 rings (SSSR count). The van der Waals surface area contributed by atoms with Gasteiger partial charge >= 0.3 is 0 Å². The van der Waals surface area contributed by atoms with Crippen molar-refractivity contribution in [2.45, 2.75) is 63.6 Å². The molecule has 5 heteroatoms. The van der Waals surface area contributed by atoms with Crippen LogP contribution in [0.2, 0.25) is 0 Å². The maximum absolute atomic E-state index is 13.5. The number of aryl methyl sites for hydroxylation is 1. The molecule has 158 valence electrons. The minimum Gasteiger partial charge on any atom is -0.311 e. The van der Waals surface area contributed by atoms with E-state index in [0.717, 1.165) is 35.0 Å². The first-order chi connectivity index (χ1) is 15.3. The van der Waals surface area contributed by atoms with Gasteiger partial charge in [-0.15, -0.1) is 11.3 Å². The van der Waals surface area contributed by atoms with E-state index in [2.05, 4.69) is 47.8 Å². The van der Waals surface area contributed by atoms with Crippen molar-refractivity contribution in [2.75, 3.05) is 0 Å². The number of hydrogen-bond donors (Lipinski definition) is 1. The van der Waals surface area contributed by atoms with E-state index in [4.69, 9.17) is 4.98 Å². The summed E-state index contributed by atoms with van der Waals surface area (Å²) in [5.41, 5.74) is 2.53. The van der Waals surface area contributed by atoms with E-state index in [1.165, 1.54) is 46.9 Å². The summed E-state index contributed by atoms with van der Waals surface area (Å²) in [6.07, 6.45) is 10.2. The summed E-state index contributed by atoms with van der Waals surface area (Å²) >= 11 is 1.73. The van der Waals surface area contributed by atoms with Crippen LogP contribution in [-0.2, 0) is 19.4 Å². The van der Waals surface area contributed by atoms with Gasteiger partial charge in [0.2, 0.25) is 0 Å². The lowest BCUT2D eigenvalue weighted by atomic mass is 9.92. The van der Waals surface area contributed by atoms with Crippen molar-refractivity contribution >= 4 is 32.3 Å². The second kappa shape index (κ2) is 7.88. The molecular weight excluding hydrogens is 402 g/mol. The topological polar surface area (TPSA) is 46.9 Å². The molecule has 2 aliphatic rings. The highest BCUT2D eigenvalue weighted by Crippen LogP contribution is 2.34. The largest absolute Gasteiger partial charge is 0.311 e. The Bertz CT molecular complexity index is 1310. The molecule has 2 heterocycles. The maximum atomic E-state index is 13.5. The van der Waals surface area contributed by atoms with Crippen LogP contribution in [0, 0.1) is 0 Å². The number of thiophene rings is 1. The molecule has 1 unspecified atom stereocenters. The highest BCUT2D eigenvalue weighted by molar-refractivity contribution is 7.18. The highest BCUT2D eigenvalue weighted by atomic mass is 32.1. The summed E-state index contributed by atoms with van der Waals surface area (Å²) in [7, 11) is 0. The van der Waals surface area contributed by atoms with Gasteiger partial charge in [0.15, 0.2) is 0 Å². The molecule has 1 fully saturated rings. The summed E-state index contributed by atoms with van der Waals surface area (Å²) in [5.74, 6) is 0. The first-order valence-electron chi connectivity index (χ1n) is 11.5. The van der Waals surface area contributed by atoms with E-state index in [1.54, 1.807) is 22.2 Å². The van der Waals surface area contributed by atoms with Crippen molar-refractivity contribution in [3.8, 4) is 0 Å². The maximum Gasteiger partial charge on any atom is 0.262 e. The van der Waals surface area contributed by atoms with Crippen LogP contribution in [0.5, 0.6) is 0 Å². The number of fused-ring (bicyclic) bond motifs is 4. The third-order valence-corrected chi connectivity index (χ3v) is 8.25. The van der Waals surface area contributed by atoms with Gasteiger partial charge in [0.1, 0.15) is 4.83 Å². The van der Waals surface area contributed by atoms with Gasteiger partial charge in [0, 0.05) is 17.0 Å². The lowest BCUT2D eigenvalue weighted by Crippen LogP contribution is -2.40. The third kappa shape index (κ3) is 3.50. The molecule has 0 amide bonds. The molecule has 0 aliphatic heterocycles. The zero-order valence-corrected chi connectivity index (χ0v) is 18.5. The van der Waals surface area contributed by atoms with Crippen LogP contribution in [0.25, 0.3) is 21.0 Å². The average molecular weight is 430 g/mol. The predicted octanol–water partition coefficient (Wildman–Crippen LogP) is 5.05. The molecule has 4 aromatic rings. The summed E-state index contributed by atoms with van der Waals surface area (Å²) in [6.45, 7) is 0.555. The number of nitrogens with one attached hydrogen (secondary N) is 1. The number of rotatable bonds is 4. The zero-order valence-electron chi connectivity index (χ0n) is 17.6. The summed E-state index contributed by atoms with van der Waals surface area (Å²) < 4.78 is 1.79. The van der Waals surface area contributed by atoms with E-state index in [9.17, 15) is 4.79 Å². The Morgan fingerprint density at radius 2 is 1.87 bits per heavy atom. The third-order valence-electron chi connectivity index (χ3n) is 7.08. The standard InChI is InChI=1S/C26H27N3OS/c30-26-24-22-13-12-20(28-19-9-2-3-10-19)14-23(22)31-25(24)27-16-29(26)15-18-8-5-7-17-6-1-4-11-21(17)18/h1,4-8,11,16,19-20,28H,2-3,9-10,12-15H2. The SMILES string of the molecule is O=c1c2c3c(sc2ncn1Cc1cccc2ccccc12)CC(NC1CCCC1)CC3. The zero-order chi connectivity index (χ0) is 20.8. The highest BCUT2D eigenvalue weighted by Gasteiger charge is 2.27. The van der Waals surface area contributed by atoms with Crippen LogP contribution < -0.4 is 10.9 Å². The average Bonchev–Trinajstić information content (AvgIpc) is 3.43. The molecule has 2 aromatic carbocycles. The smallest absolute Gasteiger partial charge is 0.262 e.